The maximum absolute atomic E-state index is 14.4. The lowest BCUT2D eigenvalue weighted by Crippen LogP contribution is -2.47. The van der Waals surface area contributed by atoms with Crippen LogP contribution in [0.2, 0.25) is 0 Å². The largest absolute Gasteiger partial charge is 0.480 e. The van der Waals surface area contributed by atoms with Gasteiger partial charge in [-0.3, -0.25) is 9.78 Å². The average Bonchev–Trinajstić information content (AvgIpc) is 2.84. The van der Waals surface area contributed by atoms with Crippen LogP contribution in [0.4, 0.5) is 13.2 Å². The first-order chi connectivity index (χ1) is 17.7. The third-order valence-electron chi connectivity index (χ3n) is 6.66. The van der Waals surface area contributed by atoms with Crippen LogP contribution in [0.25, 0.3) is 11.3 Å². The van der Waals surface area contributed by atoms with Gasteiger partial charge in [-0.1, -0.05) is 13.0 Å². The summed E-state index contributed by atoms with van der Waals surface area (Å²) in [7, 11) is 0. The number of benzene rings is 1. The second kappa shape index (κ2) is 11.2. The second-order valence-corrected chi connectivity index (χ2v) is 9.28. The van der Waals surface area contributed by atoms with Crippen LogP contribution in [0.5, 0.6) is 0 Å². The number of ether oxygens (including phenoxy) is 1. The van der Waals surface area contributed by atoms with Crippen molar-refractivity contribution in [3.63, 3.8) is 0 Å². The number of rotatable bonds is 8. The number of aliphatic carboxylic acids is 1. The Labute approximate surface area is 211 Å². The third-order valence-corrected chi connectivity index (χ3v) is 6.66. The van der Waals surface area contributed by atoms with Gasteiger partial charge in [0.1, 0.15) is 35.4 Å². The predicted octanol–water partition coefficient (Wildman–Crippen LogP) is 4.30. The molecule has 0 aliphatic heterocycles. The first-order valence-electron chi connectivity index (χ1n) is 11.8. The molecule has 1 saturated carbocycles. The van der Waals surface area contributed by atoms with Crippen LogP contribution in [0.1, 0.15) is 47.3 Å². The fourth-order valence-electron chi connectivity index (χ4n) is 5.02. The minimum absolute atomic E-state index is 0.0234. The number of ketones is 1. The number of carbonyl (C=O) groups is 2. The summed E-state index contributed by atoms with van der Waals surface area (Å²) in [4.78, 5) is 32.1. The third kappa shape index (κ3) is 5.86. The molecule has 0 bridgehead atoms. The van der Waals surface area contributed by atoms with Crippen LogP contribution < -0.4 is 5.73 Å². The topological polar surface area (TPSA) is 115 Å². The molecule has 3 N–H and O–H groups in total. The van der Waals surface area contributed by atoms with Crippen molar-refractivity contribution >= 4 is 11.8 Å². The van der Waals surface area contributed by atoms with Crippen molar-refractivity contribution in [3.8, 4) is 11.3 Å². The average molecular weight is 514 g/mol. The minimum atomic E-state index is -1.06. The highest BCUT2D eigenvalue weighted by atomic mass is 19.1. The monoisotopic (exact) mass is 513 g/mol. The summed E-state index contributed by atoms with van der Waals surface area (Å²) >= 11 is 0. The standard InChI is InChI=1S/C27H26F3N3O4/c1-14-9-15(10-21(31)27(14)37-13-24(35)36)17-7-8-32-12-16(17)11-23(34)22-6-5-20(30)26(33-22)25-18(28)3-2-4-19(25)29/h2-8,12,14-15,21,27H,9-11,13,31H2,1H3,(H,35,36)/t14-,15+,21+,27-/m1/s1. The van der Waals surface area contributed by atoms with Gasteiger partial charge in [0.2, 0.25) is 0 Å². The summed E-state index contributed by atoms with van der Waals surface area (Å²) in [6.45, 7) is 1.52. The minimum Gasteiger partial charge on any atom is -0.480 e. The predicted molar refractivity (Wildman–Crippen MR) is 128 cm³/mol. The Hall–Kier alpha value is -3.63. The Morgan fingerprint density at radius 2 is 1.81 bits per heavy atom. The van der Waals surface area contributed by atoms with E-state index in [9.17, 15) is 22.8 Å². The molecule has 0 unspecified atom stereocenters. The number of Topliss-reactive ketones (excluding diaryl/α,β-unsaturated/α-hetero) is 1. The van der Waals surface area contributed by atoms with Crippen molar-refractivity contribution in [2.24, 2.45) is 11.7 Å². The van der Waals surface area contributed by atoms with Crippen molar-refractivity contribution < 1.29 is 32.6 Å². The number of carboxylic acids is 1. The van der Waals surface area contributed by atoms with E-state index in [0.717, 1.165) is 29.8 Å². The van der Waals surface area contributed by atoms with E-state index in [0.29, 0.717) is 18.4 Å². The van der Waals surface area contributed by atoms with Gasteiger partial charge in [-0.05, 0) is 66.1 Å². The number of carboxylic acid groups (broad SMARTS) is 1. The molecular weight excluding hydrogens is 487 g/mol. The zero-order valence-electron chi connectivity index (χ0n) is 20.0. The molecule has 37 heavy (non-hydrogen) atoms. The number of aromatic nitrogens is 2. The van der Waals surface area contributed by atoms with Crippen LogP contribution in [0.15, 0.2) is 48.8 Å². The van der Waals surface area contributed by atoms with Gasteiger partial charge in [-0.15, -0.1) is 0 Å². The Morgan fingerprint density at radius 3 is 2.49 bits per heavy atom. The fourth-order valence-corrected chi connectivity index (χ4v) is 5.02. The van der Waals surface area contributed by atoms with E-state index in [4.69, 9.17) is 15.6 Å². The van der Waals surface area contributed by atoms with Gasteiger partial charge in [0, 0.05) is 24.9 Å². The first kappa shape index (κ1) is 26.4. The van der Waals surface area contributed by atoms with Gasteiger partial charge >= 0.3 is 5.97 Å². The van der Waals surface area contributed by atoms with E-state index < -0.39 is 59.2 Å². The number of hydrogen-bond donors (Lipinski definition) is 2. The van der Waals surface area contributed by atoms with Crippen LogP contribution >= 0.6 is 0 Å². The van der Waals surface area contributed by atoms with E-state index in [1.54, 1.807) is 12.4 Å². The number of halogens is 3. The van der Waals surface area contributed by atoms with Gasteiger partial charge in [0.15, 0.2) is 5.78 Å². The van der Waals surface area contributed by atoms with E-state index in [-0.39, 0.29) is 24.0 Å². The summed E-state index contributed by atoms with van der Waals surface area (Å²) in [6, 6.07) is 6.68. The number of carbonyl (C=O) groups excluding carboxylic acids is 1. The molecule has 2 heterocycles. The van der Waals surface area contributed by atoms with Gasteiger partial charge in [0.25, 0.3) is 0 Å². The number of hydrogen-bond acceptors (Lipinski definition) is 6. The zero-order chi connectivity index (χ0) is 26.7. The molecule has 0 saturated heterocycles. The summed E-state index contributed by atoms with van der Waals surface area (Å²) < 4.78 is 48.4. The number of nitrogens with zero attached hydrogens (tertiary/aromatic N) is 2. The van der Waals surface area contributed by atoms with Crippen LogP contribution in [0.3, 0.4) is 0 Å². The van der Waals surface area contributed by atoms with E-state index in [1.165, 1.54) is 6.07 Å². The van der Waals surface area contributed by atoms with Gasteiger partial charge in [-0.25, -0.2) is 22.9 Å². The van der Waals surface area contributed by atoms with Crippen molar-refractivity contribution in [1.29, 1.82) is 0 Å². The smallest absolute Gasteiger partial charge is 0.329 e. The molecular formula is C27H26F3N3O4. The maximum atomic E-state index is 14.4. The molecule has 1 aromatic carbocycles. The Kier molecular flexibility index (Phi) is 7.99. The normalized spacial score (nSPS) is 21.5. The van der Waals surface area contributed by atoms with Crippen molar-refractivity contribution in [2.45, 2.75) is 44.2 Å². The van der Waals surface area contributed by atoms with E-state index >= 15 is 0 Å². The van der Waals surface area contributed by atoms with Crippen molar-refractivity contribution in [1.82, 2.24) is 9.97 Å². The first-order valence-corrected chi connectivity index (χ1v) is 11.8. The Morgan fingerprint density at radius 1 is 1.08 bits per heavy atom. The molecule has 0 amide bonds. The van der Waals surface area contributed by atoms with Crippen LogP contribution in [-0.2, 0) is 16.0 Å². The lowest BCUT2D eigenvalue weighted by Gasteiger charge is -2.39. The summed E-state index contributed by atoms with van der Waals surface area (Å²) in [6.07, 6.45) is 3.85. The highest BCUT2D eigenvalue weighted by Crippen LogP contribution is 2.38. The molecule has 1 fully saturated rings. The quantitative estimate of drug-likeness (QED) is 0.432. The summed E-state index contributed by atoms with van der Waals surface area (Å²) in [5.74, 6) is -4.51. The lowest BCUT2D eigenvalue weighted by molar-refractivity contribution is -0.146. The number of nitrogens with two attached hydrogens (primary N) is 1. The molecule has 7 nitrogen and oxygen atoms in total. The Bertz CT molecular complexity index is 1290. The molecule has 1 aliphatic carbocycles. The van der Waals surface area contributed by atoms with Crippen molar-refractivity contribution in [2.75, 3.05) is 6.61 Å². The van der Waals surface area contributed by atoms with Gasteiger partial charge in [0.05, 0.1) is 11.7 Å². The lowest BCUT2D eigenvalue weighted by atomic mass is 9.73. The molecule has 4 atom stereocenters. The van der Waals surface area contributed by atoms with Gasteiger partial charge in [-0.2, -0.15) is 0 Å². The SMILES string of the molecule is C[C@@H]1C[C@H](c2ccncc2CC(=O)c2ccc(F)c(-c3c(F)cccc3F)n2)C[C@H](N)[C@@H]1OCC(=O)O. The molecule has 3 aromatic rings. The summed E-state index contributed by atoms with van der Waals surface area (Å²) in [5.41, 5.74) is 6.48. The number of pyridine rings is 2. The summed E-state index contributed by atoms with van der Waals surface area (Å²) in [5, 5.41) is 8.92. The highest BCUT2D eigenvalue weighted by Gasteiger charge is 2.36. The van der Waals surface area contributed by atoms with E-state index in [1.807, 2.05) is 13.0 Å². The van der Waals surface area contributed by atoms with Gasteiger partial charge < -0.3 is 15.6 Å². The molecule has 1 aliphatic rings. The van der Waals surface area contributed by atoms with Crippen LogP contribution in [-0.4, -0.2) is 45.6 Å². The Balaban J connectivity index is 1.56. The molecule has 4 rings (SSSR count). The molecule has 0 radical (unpaired) electrons. The molecule has 10 heteroatoms. The second-order valence-electron chi connectivity index (χ2n) is 9.28. The molecule has 194 valence electrons. The molecule has 0 spiro atoms. The molecule has 2 aromatic heterocycles. The highest BCUT2D eigenvalue weighted by molar-refractivity contribution is 5.96. The van der Waals surface area contributed by atoms with Crippen LogP contribution in [0, 0.1) is 23.4 Å². The fraction of sp³-hybridized carbons (Fsp3) is 0.333. The maximum Gasteiger partial charge on any atom is 0.329 e. The van der Waals surface area contributed by atoms with Crippen molar-refractivity contribution in [3.05, 3.63) is 83.1 Å². The van der Waals surface area contributed by atoms with E-state index in [2.05, 4.69) is 9.97 Å². The zero-order valence-corrected chi connectivity index (χ0v) is 20.0.